The molecule has 58 valence electrons. The van der Waals surface area contributed by atoms with Gasteiger partial charge >= 0.3 is 0 Å². The van der Waals surface area contributed by atoms with Crippen LogP contribution in [0.1, 0.15) is 16.7 Å². The van der Waals surface area contributed by atoms with Gasteiger partial charge in [-0.2, -0.15) is 5.26 Å². The lowest BCUT2D eigenvalue weighted by molar-refractivity contribution is 0.855. The highest BCUT2D eigenvalue weighted by molar-refractivity contribution is 5.59. The van der Waals surface area contributed by atoms with Gasteiger partial charge in [0.05, 0.1) is 11.6 Å². The highest BCUT2D eigenvalue weighted by Gasteiger charge is 2.07. The Morgan fingerprint density at radius 3 is 3.17 bits per heavy atom. The van der Waals surface area contributed by atoms with Gasteiger partial charge in [-0.25, -0.2) is 0 Å². The fraction of sp³-hybridized carbons (Fsp3) is 0.100. The number of nitrogens with zero attached hydrogens (tertiary/aromatic N) is 1. The molecule has 1 aromatic rings. The Kier molecular flexibility index (Phi) is 1.56. The minimum atomic E-state index is 0.759. The highest BCUT2D eigenvalue weighted by Crippen LogP contribution is 2.17. The fourth-order valence-electron chi connectivity index (χ4n) is 1.37. The monoisotopic (exact) mass is 156 g/mol. The summed E-state index contributed by atoms with van der Waals surface area (Å²) in [5.74, 6) is 0. The van der Waals surface area contributed by atoms with E-state index in [1.807, 2.05) is 30.5 Å². The molecule has 1 heterocycles. The summed E-state index contributed by atoms with van der Waals surface area (Å²) in [5, 5.41) is 11.9. The first-order chi connectivity index (χ1) is 5.92. The van der Waals surface area contributed by atoms with Gasteiger partial charge in [0.25, 0.3) is 0 Å². The Morgan fingerprint density at radius 2 is 2.33 bits per heavy atom. The van der Waals surface area contributed by atoms with Gasteiger partial charge in [0.1, 0.15) is 0 Å². The zero-order valence-corrected chi connectivity index (χ0v) is 6.54. The van der Waals surface area contributed by atoms with Crippen molar-refractivity contribution >= 4 is 6.08 Å². The van der Waals surface area contributed by atoms with Crippen LogP contribution in [0, 0.1) is 11.3 Å². The quantitative estimate of drug-likeness (QED) is 0.619. The van der Waals surface area contributed by atoms with Gasteiger partial charge in [-0.05, 0) is 29.5 Å². The molecule has 0 amide bonds. The molecule has 0 saturated heterocycles. The van der Waals surface area contributed by atoms with Gasteiger partial charge in [-0.15, -0.1) is 0 Å². The van der Waals surface area contributed by atoms with Gasteiger partial charge in [-0.1, -0.05) is 12.1 Å². The molecule has 2 rings (SSSR count). The van der Waals surface area contributed by atoms with Crippen LogP contribution >= 0.6 is 0 Å². The first-order valence-electron chi connectivity index (χ1n) is 3.84. The van der Waals surface area contributed by atoms with Crippen LogP contribution in [0.2, 0.25) is 0 Å². The summed E-state index contributed by atoms with van der Waals surface area (Å²) < 4.78 is 0. The van der Waals surface area contributed by atoms with Crippen molar-refractivity contribution in [3.8, 4) is 6.07 Å². The Balaban J connectivity index is 2.63. The molecule has 2 heteroatoms. The topological polar surface area (TPSA) is 35.8 Å². The standard InChI is InChI=1S/C10H8N2/c11-6-9-3-1-2-8-4-5-12-7-10(8)9/h1-5,12H,7H2. The largest absolute Gasteiger partial charge is 0.387 e. The average molecular weight is 156 g/mol. The van der Waals surface area contributed by atoms with E-state index in [1.165, 1.54) is 0 Å². The Morgan fingerprint density at radius 1 is 1.42 bits per heavy atom. The number of nitrogens with one attached hydrogen (secondary N) is 1. The number of rotatable bonds is 0. The van der Waals surface area contributed by atoms with Crippen LogP contribution in [-0.4, -0.2) is 0 Å². The number of benzene rings is 1. The Hall–Kier alpha value is -1.75. The molecule has 0 fully saturated rings. The summed E-state index contributed by atoms with van der Waals surface area (Å²) in [6.07, 6.45) is 3.89. The molecular weight excluding hydrogens is 148 g/mol. The maximum atomic E-state index is 8.79. The van der Waals surface area contributed by atoms with E-state index in [-0.39, 0.29) is 0 Å². The maximum absolute atomic E-state index is 8.79. The molecule has 1 aromatic carbocycles. The number of nitriles is 1. The summed E-state index contributed by atoms with van der Waals surface area (Å²) in [6, 6.07) is 7.96. The lowest BCUT2D eigenvalue weighted by Crippen LogP contribution is -2.11. The highest BCUT2D eigenvalue weighted by atomic mass is 14.8. The Labute approximate surface area is 71.1 Å². The third-order valence-electron chi connectivity index (χ3n) is 1.99. The molecule has 0 aliphatic carbocycles. The van der Waals surface area contributed by atoms with Crippen LogP contribution in [-0.2, 0) is 6.54 Å². The SMILES string of the molecule is N#Cc1cccc2c1CNC=C2. The molecular formula is C10H8N2. The summed E-state index contributed by atoms with van der Waals surface area (Å²) in [4.78, 5) is 0. The Bertz CT molecular complexity index is 372. The number of hydrogen-bond donors (Lipinski definition) is 1. The molecule has 12 heavy (non-hydrogen) atoms. The molecule has 0 aromatic heterocycles. The van der Waals surface area contributed by atoms with Crippen LogP contribution in [0.25, 0.3) is 6.08 Å². The van der Waals surface area contributed by atoms with Gasteiger partial charge in [0.15, 0.2) is 0 Å². The second-order valence-corrected chi connectivity index (χ2v) is 2.70. The van der Waals surface area contributed by atoms with Gasteiger partial charge in [-0.3, -0.25) is 0 Å². The van der Waals surface area contributed by atoms with Crippen LogP contribution < -0.4 is 5.32 Å². The summed E-state index contributed by atoms with van der Waals surface area (Å²) in [6.45, 7) is 0.759. The molecule has 1 aliphatic rings. The summed E-state index contributed by atoms with van der Waals surface area (Å²) in [5.41, 5.74) is 3.01. The molecule has 0 atom stereocenters. The van der Waals surface area contributed by atoms with Crippen LogP contribution in [0.15, 0.2) is 24.4 Å². The fourth-order valence-corrected chi connectivity index (χ4v) is 1.37. The van der Waals surface area contributed by atoms with Gasteiger partial charge < -0.3 is 5.32 Å². The predicted octanol–water partition coefficient (Wildman–Crippen LogP) is 1.63. The number of hydrogen-bond acceptors (Lipinski definition) is 2. The second-order valence-electron chi connectivity index (χ2n) is 2.70. The average Bonchev–Trinajstić information content (AvgIpc) is 2.17. The smallest absolute Gasteiger partial charge is 0.0995 e. The third-order valence-corrected chi connectivity index (χ3v) is 1.99. The second kappa shape index (κ2) is 2.71. The van der Waals surface area contributed by atoms with Crippen molar-refractivity contribution in [2.75, 3.05) is 0 Å². The van der Waals surface area contributed by atoms with E-state index in [0.29, 0.717) is 0 Å². The van der Waals surface area contributed by atoms with Crippen LogP contribution in [0.3, 0.4) is 0 Å². The zero-order valence-electron chi connectivity index (χ0n) is 6.54. The summed E-state index contributed by atoms with van der Waals surface area (Å²) in [7, 11) is 0. The van der Waals surface area contributed by atoms with Crippen molar-refractivity contribution < 1.29 is 0 Å². The van der Waals surface area contributed by atoms with E-state index in [0.717, 1.165) is 23.2 Å². The molecule has 1 N–H and O–H groups in total. The van der Waals surface area contributed by atoms with E-state index in [4.69, 9.17) is 5.26 Å². The third kappa shape index (κ3) is 0.960. The minimum absolute atomic E-state index is 0.759. The van der Waals surface area contributed by atoms with Crippen molar-refractivity contribution in [2.24, 2.45) is 0 Å². The molecule has 0 unspecified atom stereocenters. The van der Waals surface area contributed by atoms with E-state index >= 15 is 0 Å². The molecule has 0 bridgehead atoms. The first-order valence-corrected chi connectivity index (χ1v) is 3.84. The van der Waals surface area contributed by atoms with Crippen molar-refractivity contribution in [2.45, 2.75) is 6.54 Å². The lowest BCUT2D eigenvalue weighted by Gasteiger charge is -2.12. The van der Waals surface area contributed by atoms with Crippen LogP contribution in [0.5, 0.6) is 0 Å². The predicted molar refractivity (Wildman–Crippen MR) is 47.0 cm³/mol. The molecule has 0 saturated carbocycles. The van der Waals surface area contributed by atoms with Gasteiger partial charge in [0.2, 0.25) is 0 Å². The van der Waals surface area contributed by atoms with Crippen molar-refractivity contribution in [1.29, 1.82) is 5.26 Å². The van der Waals surface area contributed by atoms with Crippen molar-refractivity contribution in [3.63, 3.8) is 0 Å². The summed E-state index contributed by atoms with van der Waals surface area (Å²) >= 11 is 0. The van der Waals surface area contributed by atoms with E-state index < -0.39 is 0 Å². The molecule has 1 aliphatic heterocycles. The van der Waals surface area contributed by atoms with E-state index in [9.17, 15) is 0 Å². The first kappa shape index (κ1) is 6.93. The van der Waals surface area contributed by atoms with Crippen molar-refractivity contribution in [1.82, 2.24) is 5.32 Å². The molecule has 2 nitrogen and oxygen atoms in total. The van der Waals surface area contributed by atoms with Crippen LogP contribution in [0.4, 0.5) is 0 Å². The van der Waals surface area contributed by atoms with E-state index in [1.54, 1.807) is 0 Å². The van der Waals surface area contributed by atoms with Gasteiger partial charge in [0, 0.05) is 6.54 Å². The normalized spacial score (nSPS) is 12.9. The van der Waals surface area contributed by atoms with E-state index in [2.05, 4.69) is 11.4 Å². The minimum Gasteiger partial charge on any atom is -0.387 e. The number of fused-ring (bicyclic) bond motifs is 1. The van der Waals surface area contributed by atoms with Crippen molar-refractivity contribution in [3.05, 3.63) is 41.1 Å². The lowest BCUT2D eigenvalue weighted by atomic mass is 10.00. The molecule has 0 radical (unpaired) electrons. The maximum Gasteiger partial charge on any atom is 0.0995 e. The molecule has 0 spiro atoms. The zero-order chi connectivity index (χ0) is 8.39.